The Hall–Kier alpha value is -1.28. The van der Waals surface area contributed by atoms with Crippen molar-refractivity contribution < 1.29 is 14.7 Å². The van der Waals surface area contributed by atoms with Gasteiger partial charge in [-0.15, -0.1) is 11.5 Å². The summed E-state index contributed by atoms with van der Waals surface area (Å²) in [6.07, 6.45) is 0.153. The van der Waals surface area contributed by atoms with E-state index in [0.29, 0.717) is 0 Å². The molecule has 1 amide bonds. The fourth-order valence-electron chi connectivity index (χ4n) is 1.10. The topological polar surface area (TPSA) is 66.4 Å². The molecular weight excluding hydrogens is 270 g/mol. The van der Waals surface area contributed by atoms with Crippen LogP contribution in [-0.2, 0) is 9.59 Å². The molecular formula is C15H27NO3Si. The van der Waals surface area contributed by atoms with E-state index in [2.05, 4.69) is 50.6 Å². The van der Waals surface area contributed by atoms with E-state index in [4.69, 9.17) is 5.11 Å². The van der Waals surface area contributed by atoms with Gasteiger partial charge in [0.15, 0.2) is 0 Å². The molecule has 5 heteroatoms. The molecule has 0 spiro atoms. The summed E-state index contributed by atoms with van der Waals surface area (Å²) in [5, 5.41) is 11.8. The van der Waals surface area contributed by atoms with Gasteiger partial charge in [-0.05, 0) is 5.04 Å². The molecule has 4 nitrogen and oxygen atoms in total. The van der Waals surface area contributed by atoms with Crippen molar-refractivity contribution in [2.24, 2.45) is 5.92 Å². The molecule has 0 saturated carbocycles. The van der Waals surface area contributed by atoms with E-state index >= 15 is 0 Å². The van der Waals surface area contributed by atoms with Crippen LogP contribution in [0, 0.1) is 17.4 Å². The fraction of sp³-hybridized carbons (Fsp3) is 0.733. The summed E-state index contributed by atoms with van der Waals surface area (Å²) in [7, 11) is -1.74. The lowest BCUT2D eigenvalue weighted by Crippen LogP contribution is -2.42. The molecule has 0 bridgehead atoms. The number of carbonyl (C=O) groups excluding carboxylic acids is 1. The Labute approximate surface area is 123 Å². The Morgan fingerprint density at radius 1 is 1.25 bits per heavy atom. The van der Waals surface area contributed by atoms with Gasteiger partial charge in [0.05, 0.1) is 0 Å². The molecule has 114 valence electrons. The maximum Gasteiger partial charge on any atom is 0.327 e. The Bertz CT molecular complexity index is 425. The average Bonchev–Trinajstić information content (AvgIpc) is 2.25. The summed E-state index contributed by atoms with van der Waals surface area (Å²) in [4.78, 5) is 22.7. The van der Waals surface area contributed by atoms with Crippen molar-refractivity contribution in [2.45, 2.75) is 65.2 Å². The quantitative estimate of drug-likeness (QED) is 0.619. The minimum Gasteiger partial charge on any atom is -0.480 e. The van der Waals surface area contributed by atoms with Crippen molar-refractivity contribution in [2.75, 3.05) is 0 Å². The second-order valence-electron chi connectivity index (χ2n) is 6.94. The van der Waals surface area contributed by atoms with Crippen molar-refractivity contribution in [1.29, 1.82) is 0 Å². The third kappa shape index (κ3) is 5.79. The number of hydrogen-bond acceptors (Lipinski definition) is 2. The minimum atomic E-state index is -1.74. The Balaban J connectivity index is 4.83. The molecule has 0 radical (unpaired) electrons. The molecule has 2 N–H and O–H groups in total. The highest BCUT2D eigenvalue weighted by Crippen LogP contribution is 2.35. The van der Waals surface area contributed by atoms with Crippen LogP contribution < -0.4 is 5.32 Å². The zero-order valence-electron chi connectivity index (χ0n) is 13.6. The average molecular weight is 297 g/mol. The van der Waals surface area contributed by atoms with E-state index in [1.807, 2.05) is 0 Å². The monoisotopic (exact) mass is 297 g/mol. The molecule has 0 aliphatic rings. The molecule has 0 aromatic rings. The first-order chi connectivity index (χ1) is 8.88. The van der Waals surface area contributed by atoms with E-state index in [-0.39, 0.29) is 23.3 Å². The van der Waals surface area contributed by atoms with Crippen LogP contribution in [0.1, 0.15) is 41.0 Å². The minimum absolute atomic E-state index is 0.139. The first-order valence-electron chi connectivity index (χ1n) is 6.91. The summed E-state index contributed by atoms with van der Waals surface area (Å²) in [6, 6.07) is -0.929. The third-order valence-electron chi connectivity index (χ3n) is 3.72. The Kier molecular flexibility index (Phi) is 6.49. The van der Waals surface area contributed by atoms with Crippen LogP contribution in [0.25, 0.3) is 0 Å². The second-order valence-corrected chi connectivity index (χ2v) is 11.9. The second kappa shape index (κ2) is 6.94. The van der Waals surface area contributed by atoms with Crippen LogP contribution in [0.2, 0.25) is 18.1 Å². The first kappa shape index (κ1) is 18.7. The number of carboxylic acids is 1. The molecule has 0 unspecified atom stereocenters. The maximum atomic E-state index is 11.6. The molecule has 1 atom stereocenters. The van der Waals surface area contributed by atoms with Gasteiger partial charge in [-0.25, -0.2) is 4.79 Å². The van der Waals surface area contributed by atoms with Crippen molar-refractivity contribution in [3.05, 3.63) is 0 Å². The lowest BCUT2D eigenvalue weighted by atomic mass is 10.1. The van der Waals surface area contributed by atoms with Crippen LogP contribution in [0.15, 0.2) is 0 Å². The van der Waals surface area contributed by atoms with Crippen molar-refractivity contribution >= 4 is 20.0 Å². The number of aliphatic carboxylic acids is 1. The van der Waals surface area contributed by atoms with Gasteiger partial charge >= 0.3 is 5.97 Å². The van der Waals surface area contributed by atoms with Crippen LogP contribution in [0.5, 0.6) is 0 Å². The van der Waals surface area contributed by atoms with Crippen LogP contribution in [-0.4, -0.2) is 31.1 Å². The van der Waals surface area contributed by atoms with Gasteiger partial charge in [-0.2, -0.15) is 0 Å². The Morgan fingerprint density at radius 2 is 1.75 bits per heavy atom. The summed E-state index contributed by atoms with van der Waals surface area (Å²) in [5.41, 5.74) is 3.26. The predicted molar refractivity (Wildman–Crippen MR) is 84.0 cm³/mol. The maximum absolute atomic E-state index is 11.6. The standard InChI is InChI=1S/C15H27NO3Si/c1-11(2)13(17)16-12(14(18)19)9-8-10-20(6,7)15(3,4)5/h11-12H,9H2,1-7H3,(H,16,17)(H,18,19)/t12-/m0/s1. The highest BCUT2D eigenvalue weighted by molar-refractivity contribution is 6.87. The Morgan fingerprint density at radius 3 is 2.10 bits per heavy atom. The van der Waals surface area contributed by atoms with Crippen molar-refractivity contribution in [3.8, 4) is 11.5 Å². The summed E-state index contributed by atoms with van der Waals surface area (Å²) < 4.78 is 0. The SMILES string of the molecule is CC(C)C(=O)N[C@@H](CC#C[Si](C)(C)C(C)(C)C)C(=O)O. The predicted octanol–water partition coefficient (Wildman–Crippen LogP) is 2.65. The van der Waals surface area contributed by atoms with E-state index < -0.39 is 20.1 Å². The zero-order valence-corrected chi connectivity index (χ0v) is 14.6. The summed E-state index contributed by atoms with van der Waals surface area (Å²) in [5.74, 6) is 1.45. The lowest BCUT2D eigenvalue weighted by molar-refractivity contribution is -0.142. The highest BCUT2D eigenvalue weighted by atomic mass is 28.3. The van der Waals surface area contributed by atoms with E-state index in [1.54, 1.807) is 13.8 Å². The molecule has 0 heterocycles. The van der Waals surface area contributed by atoms with Gasteiger partial charge in [-0.3, -0.25) is 4.79 Å². The van der Waals surface area contributed by atoms with Crippen LogP contribution in [0.4, 0.5) is 0 Å². The number of carbonyl (C=O) groups is 2. The zero-order chi connectivity index (χ0) is 16.1. The number of rotatable bonds is 4. The molecule has 20 heavy (non-hydrogen) atoms. The molecule has 0 saturated heterocycles. The van der Waals surface area contributed by atoms with Gasteiger partial charge in [0.25, 0.3) is 0 Å². The van der Waals surface area contributed by atoms with E-state index in [9.17, 15) is 9.59 Å². The van der Waals surface area contributed by atoms with E-state index in [1.165, 1.54) is 0 Å². The number of hydrogen-bond donors (Lipinski definition) is 2. The highest BCUT2D eigenvalue weighted by Gasteiger charge is 2.33. The third-order valence-corrected chi connectivity index (χ3v) is 8.27. The van der Waals surface area contributed by atoms with Gasteiger partial charge in [0, 0.05) is 12.3 Å². The molecule has 0 fully saturated rings. The van der Waals surface area contributed by atoms with Crippen molar-refractivity contribution in [1.82, 2.24) is 5.32 Å². The van der Waals surface area contributed by atoms with Gasteiger partial charge in [0.2, 0.25) is 5.91 Å². The summed E-state index contributed by atoms with van der Waals surface area (Å²) >= 11 is 0. The van der Waals surface area contributed by atoms with E-state index in [0.717, 1.165) is 0 Å². The molecule has 0 aromatic carbocycles. The van der Waals surface area contributed by atoms with Gasteiger partial charge in [0.1, 0.15) is 14.1 Å². The first-order valence-corrected chi connectivity index (χ1v) is 9.91. The fourth-order valence-corrected chi connectivity index (χ4v) is 2.02. The smallest absolute Gasteiger partial charge is 0.327 e. The molecule has 0 aliphatic carbocycles. The van der Waals surface area contributed by atoms with Gasteiger partial charge < -0.3 is 10.4 Å². The molecule has 0 aromatic heterocycles. The molecule has 0 rings (SSSR count). The van der Waals surface area contributed by atoms with Crippen LogP contribution >= 0.6 is 0 Å². The summed E-state index contributed by atoms with van der Waals surface area (Å²) in [6.45, 7) is 14.3. The van der Waals surface area contributed by atoms with Crippen LogP contribution in [0.3, 0.4) is 0 Å². The number of carboxylic acid groups (broad SMARTS) is 1. The van der Waals surface area contributed by atoms with Crippen molar-refractivity contribution in [3.63, 3.8) is 0 Å². The molecule has 0 aliphatic heterocycles. The van der Waals surface area contributed by atoms with Gasteiger partial charge in [-0.1, -0.05) is 47.7 Å². The number of amides is 1. The normalized spacial score (nSPS) is 13.4. The lowest BCUT2D eigenvalue weighted by Gasteiger charge is -2.31. The largest absolute Gasteiger partial charge is 0.480 e. The number of nitrogens with one attached hydrogen (secondary N) is 1.